The molecule has 0 radical (unpaired) electrons. The molecule has 0 heterocycles. The fourth-order valence-electron chi connectivity index (χ4n) is 3.40. The molecule has 0 N–H and O–H groups in total. The number of fused-ring (bicyclic) bond motifs is 1. The SMILES string of the molecule is O=CC1=CC=C2CCCC[C@H]2[C@@H]1c1ccc(Cl)cc1. The van der Waals surface area contributed by atoms with E-state index in [9.17, 15) is 4.79 Å². The van der Waals surface area contributed by atoms with Gasteiger partial charge in [0.15, 0.2) is 0 Å². The Morgan fingerprint density at radius 3 is 2.63 bits per heavy atom. The maximum atomic E-state index is 11.4. The largest absolute Gasteiger partial charge is 0.298 e. The molecular formula is C17H17ClO. The molecule has 2 aliphatic carbocycles. The summed E-state index contributed by atoms with van der Waals surface area (Å²) in [5.41, 5.74) is 3.62. The van der Waals surface area contributed by atoms with Crippen molar-refractivity contribution in [1.29, 1.82) is 0 Å². The first kappa shape index (κ1) is 12.7. The molecule has 0 aliphatic heterocycles. The molecule has 2 aliphatic rings. The molecule has 1 fully saturated rings. The van der Waals surface area contributed by atoms with Gasteiger partial charge in [-0.05, 0) is 48.4 Å². The molecule has 0 saturated heterocycles. The number of carbonyl (C=O) groups is 1. The lowest BCUT2D eigenvalue weighted by Gasteiger charge is -2.35. The molecule has 0 aromatic heterocycles. The number of allylic oxidation sites excluding steroid dienone is 4. The molecule has 1 aromatic carbocycles. The molecule has 2 heteroatoms. The van der Waals surface area contributed by atoms with Gasteiger partial charge in [-0.1, -0.05) is 47.9 Å². The second kappa shape index (κ2) is 5.34. The van der Waals surface area contributed by atoms with Gasteiger partial charge in [-0.25, -0.2) is 0 Å². The zero-order valence-corrected chi connectivity index (χ0v) is 11.6. The van der Waals surface area contributed by atoms with Gasteiger partial charge in [0.1, 0.15) is 6.29 Å². The number of aldehydes is 1. The molecule has 0 bridgehead atoms. The van der Waals surface area contributed by atoms with Crippen LogP contribution in [-0.2, 0) is 4.79 Å². The van der Waals surface area contributed by atoms with E-state index >= 15 is 0 Å². The first-order chi connectivity index (χ1) is 9.29. The van der Waals surface area contributed by atoms with Crippen molar-refractivity contribution in [3.63, 3.8) is 0 Å². The molecule has 3 rings (SSSR count). The van der Waals surface area contributed by atoms with E-state index in [-0.39, 0.29) is 5.92 Å². The Balaban J connectivity index is 2.01. The van der Waals surface area contributed by atoms with Crippen molar-refractivity contribution in [3.05, 3.63) is 58.1 Å². The highest BCUT2D eigenvalue weighted by Crippen LogP contribution is 2.45. The molecule has 0 amide bonds. The second-order valence-electron chi connectivity index (χ2n) is 5.41. The highest BCUT2D eigenvalue weighted by molar-refractivity contribution is 6.30. The summed E-state index contributed by atoms with van der Waals surface area (Å²) in [6.07, 6.45) is 10.1. The van der Waals surface area contributed by atoms with Crippen molar-refractivity contribution < 1.29 is 4.79 Å². The number of halogens is 1. The Hall–Kier alpha value is -1.34. The minimum absolute atomic E-state index is 0.218. The van der Waals surface area contributed by atoms with Crippen LogP contribution in [0.5, 0.6) is 0 Å². The third-order valence-electron chi connectivity index (χ3n) is 4.32. The summed E-state index contributed by atoms with van der Waals surface area (Å²) in [5, 5.41) is 0.746. The van der Waals surface area contributed by atoms with E-state index in [0.29, 0.717) is 5.92 Å². The van der Waals surface area contributed by atoms with E-state index in [2.05, 4.69) is 18.2 Å². The van der Waals surface area contributed by atoms with Gasteiger partial charge in [0.05, 0.1) is 0 Å². The van der Waals surface area contributed by atoms with E-state index < -0.39 is 0 Å². The number of benzene rings is 1. The Kier molecular flexibility index (Phi) is 3.56. The van der Waals surface area contributed by atoms with Crippen LogP contribution >= 0.6 is 11.6 Å². The summed E-state index contributed by atoms with van der Waals surface area (Å²) < 4.78 is 0. The average molecular weight is 273 g/mol. The van der Waals surface area contributed by atoms with Gasteiger partial charge in [-0.3, -0.25) is 4.79 Å². The summed E-state index contributed by atoms with van der Waals surface area (Å²) in [7, 11) is 0. The maximum Gasteiger partial charge on any atom is 0.146 e. The molecule has 98 valence electrons. The smallest absolute Gasteiger partial charge is 0.146 e. The fraction of sp³-hybridized carbons (Fsp3) is 0.353. The predicted molar refractivity (Wildman–Crippen MR) is 78.4 cm³/mol. The molecule has 1 aromatic rings. The lowest BCUT2D eigenvalue weighted by atomic mass is 9.68. The monoisotopic (exact) mass is 272 g/mol. The standard InChI is InChI=1S/C17H17ClO/c18-15-9-7-13(8-10-15)17-14(11-19)6-5-12-3-1-2-4-16(12)17/h5-11,16-17H,1-4H2/t16-,17-/m1/s1. The molecule has 19 heavy (non-hydrogen) atoms. The minimum atomic E-state index is 0.218. The minimum Gasteiger partial charge on any atom is -0.298 e. The summed E-state index contributed by atoms with van der Waals surface area (Å²) in [6.45, 7) is 0. The van der Waals surface area contributed by atoms with Gasteiger partial charge in [-0.2, -0.15) is 0 Å². The average Bonchev–Trinajstić information content (AvgIpc) is 2.47. The van der Waals surface area contributed by atoms with Crippen molar-refractivity contribution in [2.45, 2.75) is 31.6 Å². The van der Waals surface area contributed by atoms with Crippen LogP contribution in [0.2, 0.25) is 5.02 Å². The third-order valence-corrected chi connectivity index (χ3v) is 4.58. The van der Waals surface area contributed by atoms with E-state index in [0.717, 1.165) is 16.9 Å². The Bertz CT molecular complexity index is 539. The van der Waals surface area contributed by atoms with E-state index in [1.807, 2.05) is 18.2 Å². The first-order valence-corrected chi connectivity index (χ1v) is 7.28. The van der Waals surface area contributed by atoms with Crippen LogP contribution in [0.25, 0.3) is 0 Å². The Labute approximate surface area is 119 Å². The first-order valence-electron chi connectivity index (χ1n) is 6.91. The number of carbonyl (C=O) groups excluding carboxylic acids is 1. The van der Waals surface area contributed by atoms with Crippen molar-refractivity contribution in [1.82, 2.24) is 0 Å². The summed E-state index contributed by atoms with van der Waals surface area (Å²) >= 11 is 5.96. The van der Waals surface area contributed by atoms with Gasteiger partial charge < -0.3 is 0 Å². The molecule has 0 unspecified atom stereocenters. The molecule has 1 saturated carbocycles. The van der Waals surface area contributed by atoms with Gasteiger partial charge in [0, 0.05) is 10.9 Å². The maximum absolute atomic E-state index is 11.4. The predicted octanol–water partition coefficient (Wildman–Crippen LogP) is 4.68. The number of hydrogen-bond acceptors (Lipinski definition) is 1. The third kappa shape index (κ3) is 2.40. The lowest BCUT2D eigenvalue weighted by molar-refractivity contribution is -0.105. The van der Waals surface area contributed by atoms with Crippen molar-refractivity contribution in [2.75, 3.05) is 0 Å². The van der Waals surface area contributed by atoms with Crippen molar-refractivity contribution in [2.24, 2.45) is 5.92 Å². The molecule has 1 nitrogen and oxygen atoms in total. The number of hydrogen-bond donors (Lipinski definition) is 0. The van der Waals surface area contributed by atoms with Crippen LogP contribution in [0.3, 0.4) is 0 Å². The topological polar surface area (TPSA) is 17.1 Å². The molecular weight excluding hydrogens is 256 g/mol. The number of rotatable bonds is 2. The fourth-order valence-corrected chi connectivity index (χ4v) is 3.52. The Morgan fingerprint density at radius 1 is 1.11 bits per heavy atom. The quantitative estimate of drug-likeness (QED) is 0.715. The van der Waals surface area contributed by atoms with Gasteiger partial charge in [0.2, 0.25) is 0 Å². The van der Waals surface area contributed by atoms with Gasteiger partial charge in [-0.15, -0.1) is 0 Å². The van der Waals surface area contributed by atoms with Crippen LogP contribution in [0.4, 0.5) is 0 Å². The normalized spacial score (nSPS) is 26.2. The van der Waals surface area contributed by atoms with Crippen LogP contribution < -0.4 is 0 Å². The van der Waals surface area contributed by atoms with Gasteiger partial charge >= 0.3 is 0 Å². The zero-order chi connectivity index (χ0) is 13.2. The van der Waals surface area contributed by atoms with Gasteiger partial charge in [0.25, 0.3) is 0 Å². The molecule has 0 spiro atoms. The van der Waals surface area contributed by atoms with Crippen LogP contribution in [-0.4, -0.2) is 6.29 Å². The Morgan fingerprint density at radius 2 is 1.89 bits per heavy atom. The van der Waals surface area contributed by atoms with Crippen molar-refractivity contribution >= 4 is 17.9 Å². The van der Waals surface area contributed by atoms with E-state index in [4.69, 9.17) is 11.6 Å². The molecule has 2 atom stereocenters. The van der Waals surface area contributed by atoms with E-state index in [1.54, 1.807) is 0 Å². The zero-order valence-electron chi connectivity index (χ0n) is 10.8. The highest BCUT2D eigenvalue weighted by Gasteiger charge is 2.32. The van der Waals surface area contributed by atoms with Crippen LogP contribution in [0, 0.1) is 5.92 Å². The van der Waals surface area contributed by atoms with Crippen molar-refractivity contribution in [3.8, 4) is 0 Å². The van der Waals surface area contributed by atoms with Crippen LogP contribution in [0.15, 0.2) is 47.6 Å². The highest BCUT2D eigenvalue weighted by atomic mass is 35.5. The summed E-state index contributed by atoms with van der Waals surface area (Å²) in [6, 6.07) is 7.95. The summed E-state index contributed by atoms with van der Waals surface area (Å²) in [4.78, 5) is 11.4. The summed E-state index contributed by atoms with van der Waals surface area (Å²) in [5.74, 6) is 0.718. The second-order valence-corrected chi connectivity index (χ2v) is 5.84. The lowest BCUT2D eigenvalue weighted by Crippen LogP contribution is -2.23. The van der Waals surface area contributed by atoms with Crippen LogP contribution in [0.1, 0.15) is 37.2 Å². The van der Waals surface area contributed by atoms with E-state index in [1.165, 1.54) is 36.8 Å².